The quantitative estimate of drug-likeness (QED) is 0.181. The maximum Gasteiger partial charge on any atom is 0.305 e. The third kappa shape index (κ3) is 11.5. The molecule has 23 heavy (non-hydrogen) atoms. The Morgan fingerprint density at radius 1 is 1.26 bits per heavy atom. The van der Waals surface area contributed by atoms with E-state index in [1.807, 2.05) is 0 Å². The van der Waals surface area contributed by atoms with Crippen molar-refractivity contribution in [2.45, 2.75) is 26.2 Å². The highest BCUT2D eigenvalue weighted by Crippen LogP contribution is 1.97. The fourth-order valence-corrected chi connectivity index (χ4v) is 2.17. The molecule has 0 aromatic rings. The van der Waals surface area contributed by atoms with Crippen LogP contribution in [0.3, 0.4) is 0 Å². The van der Waals surface area contributed by atoms with Crippen molar-refractivity contribution in [3.8, 4) is 0 Å². The Labute approximate surface area is 156 Å². The standard InChI is InChI=1S/C15H30N4O3.HI/c1-3-16-15(17-7-5-4-6-14(20)21-2)18-8-9-19-10-12-22-13-11-19;/h3-13H2,1-2H3,(H2,16,17,18);1H. The molecule has 1 aliphatic heterocycles. The van der Waals surface area contributed by atoms with Crippen molar-refractivity contribution in [3.63, 3.8) is 0 Å². The number of nitrogens with zero attached hydrogens (tertiary/aromatic N) is 2. The Bertz CT molecular complexity index is 337. The van der Waals surface area contributed by atoms with Crippen LogP contribution in [0.25, 0.3) is 0 Å². The number of guanidine groups is 1. The molecule has 1 saturated heterocycles. The van der Waals surface area contributed by atoms with Gasteiger partial charge in [0.15, 0.2) is 5.96 Å². The molecule has 1 fully saturated rings. The van der Waals surface area contributed by atoms with Gasteiger partial charge in [0.05, 0.1) is 20.3 Å². The highest BCUT2D eigenvalue weighted by atomic mass is 127. The van der Waals surface area contributed by atoms with Gasteiger partial charge in [0, 0.05) is 45.7 Å². The smallest absolute Gasteiger partial charge is 0.305 e. The number of carbonyl (C=O) groups is 1. The molecule has 0 spiro atoms. The summed E-state index contributed by atoms with van der Waals surface area (Å²) in [5.74, 6) is 0.688. The van der Waals surface area contributed by atoms with Crippen molar-refractivity contribution >= 4 is 35.9 Å². The molecule has 0 aromatic carbocycles. The topological polar surface area (TPSA) is 75.2 Å². The molecule has 0 aliphatic carbocycles. The van der Waals surface area contributed by atoms with Crippen molar-refractivity contribution < 1.29 is 14.3 Å². The Balaban J connectivity index is 0.00000484. The molecule has 0 unspecified atom stereocenters. The lowest BCUT2D eigenvalue weighted by atomic mass is 10.2. The van der Waals surface area contributed by atoms with E-state index in [0.717, 1.165) is 64.7 Å². The molecular formula is C15H31IN4O3. The summed E-state index contributed by atoms with van der Waals surface area (Å²) in [6.07, 6.45) is 2.16. The third-order valence-electron chi connectivity index (χ3n) is 3.46. The van der Waals surface area contributed by atoms with Crippen LogP contribution in [0.5, 0.6) is 0 Å². The van der Waals surface area contributed by atoms with Gasteiger partial charge < -0.3 is 20.1 Å². The maximum absolute atomic E-state index is 11.0. The first-order valence-electron chi connectivity index (χ1n) is 8.15. The summed E-state index contributed by atoms with van der Waals surface area (Å²) >= 11 is 0. The summed E-state index contributed by atoms with van der Waals surface area (Å²) in [5, 5.41) is 6.58. The van der Waals surface area contributed by atoms with E-state index in [-0.39, 0.29) is 29.9 Å². The van der Waals surface area contributed by atoms with Crippen LogP contribution in [0.15, 0.2) is 4.99 Å². The molecule has 0 radical (unpaired) electrons. The number of unbranched alkanes of at least 4 members (excludes halogenated alkanes) is 1. The molecule has 0 atom stereocenters. The average molecular weight is 442 g/mol. The summed E-state index contributed by atoms with van der Waals surface area (Å²) in [6.45, 7) is 9.13. The van der Waals surface area contributed by atoms with E-state index in [2.05, 4.69) is 32.2 Å². The van der Waals surface area contributed by atoms with Crippen LogP contribution in [-0.2, 0) is 14.3 Å². The van der Waals surface area contributed by atoms with Crippen LogP contribution in [0.4, 0.5) is 0 Å². The number of hydrogen-bond acceptors (Lipinski definition) is 5. The van der Waals surface area contributed by atoms with Gasteiger partial charge in [0.2, 0.25) is 0 Å². The second-order valence-electron chi connectivity index (χ2n) is 5.17. The van der Waals surface area contributed by atoms with Gasteiger partial charge in [-0.25, -0.2) is 0 Å². The summed E-state index contributed by atoms with van der Waals surface area (Å²) in [4.78, 5) is 17.9. The predicted octanol–water partition coefficient (Wildman–Crippen LogP) is 0.835. The lowest BCUT2D eigenvalue weighted by molar-refractivity contribution is -0.140. The highest BCUT2D eigenvalue weighted by Gasteiger charge is 2.09. The van der Waals surface area contributed by atoms with E-state index >= 15 is 0 Å². The Kier molecular flexibility index (Phi) is 14.6. The van der Waals surface area contributed by atoms with Gasteiger partial charge >= 0.3 is 5.97 Å². The van der Waals surface area contributed by atoms with E-state index in [1.165, 1.54) is 7.11 Å². The van der Waals surface area contributed by atoms with Crippen molar-refractivity contribution in [2.75, 3.05) is 59.6 Å². The molecule has 0 amide bonds. The number of aliphatic imine (C=N–C) groups is 1. The molecule has 1 heterocycles. The van der Waals surface area contributed by atoms with Crippen molar-refractivity contribution in [2.24, 2.45) is 4.99 Å². The molecule has 8 heteroatoms. The van der Waals surface area contributed by atoms with Crippen molar-refractivity contribution in [1.82, 2.24) is 15.5 Å². The minimum Gasteiger partial charge on any atom is -0.469 e. The van der Waals surface area contributed by atoms with E-state index in [4.69, 9.17) is 4.74 Å². The van der Waals surface area contributed by atoms with Crippen LogP contribution < -0.4 is 10.6 Å². The predicted molar refractivity (Wildman–Crippen MR) is 103 cm³/mol. The summed E-state index contributed by atoms with van der Waals surface area (Å²) < 4.78 is 9.95. The number of morpholine rings is 1. The molecule has 0 bridgehead atoms. The molecule has 1 rings (SSSR count). The van der Waals surface area contributed by atoms with Gasteiger partial charge in [-0.3, -0.25) is 14.7 Å². The largest absolute Gasteiger partial charge is 0.469 e. The number of rotatable bonds is 9. The van der Waals surface area contributed by atoms with Gasteiger partial charge in [-0.15, -0.1) is 24.0 Å². The number of ether oxygens (including phenoxy) is 2. The number of hydrogen-bond donors (Lipinski definition) is 2. The zero-order chi connectivity index (χ0) is 16.0. The van der Waals surface area contributed by atoms with Crippen LogP contribution in [0.1, 0.15) is 26.2 Å². The fourth-order valence-electron chi connectivity index (χ4n) is 2.17. The van der Waals surface area contributed by atoms with Gasteiger partial charge in [-0.1, -0.05) is 0 Å². The second kappa shape index (κ2) is 14.9. The summed E-state index contributed by atoms with van der Waals surface area (Å²) in [6, 6.07) is 0. The Morgan fingerprint density at radius 2 is 2.00 bits per heavy atom. The minimum atomic E-state index is -0.153. The first kappa shape index (κ1) is 22.4. The highest BCUT2D eigenvalue weighted by molar-refractivity contribution is 14.0. The monoisotopic (exact) mass is 442 g/mol. The Hall–Kier alpha value is -0.610. The molecule has 0 aromatic heterocycles. The number of nitrogens with one attached hydrogen (secondary N) is 2. The maximum atomic E-state index is 11.0. The van der Waals surface area contributed by atoms with Crippen molar-refractivity contribution in [3.05, 3.63) is 0 Å². The summed E-state index contributed by atoms with van der Waals surface area (Å²) in [7, 11) is 1.42. The van der Waals surface area contributed by atoms with E-state index in [1.54, 1.807) is 0 Å². The third-order valence-corrected chi connectivity index (χ3v) is 3.46. The first-order chi connectivity index (χ1) is 10.8. The summed E-state index contributed by atoms with van der Waals surface area (Å²) in [5.41, 5.74) is 0. The molecular weight excluding hydrogens is 411 g/mol. The zero-order valence-electron chi connectivity index (χ0n) is 14.3. The molecule has 7 nitrogen and oxygen atoms in total. The number of carbonyl (C=O) groups excluding carboxylic acids is 1. The van der Waals surface area contributed by atoms with E-state index in [0.29, 0.717) is 13.0 Å². The lowest BCUT2D eigenvalue weighted by Crippen LogP contribution is -2.44. The first-order valence-corrected chi connectivity index (χ1v) is 8.15. The van der Waals surface area contributed by atoms with E-state index in [9.17, 15) is 4.79 Å². The normalized spacial score (nSPS) is 15.7. The van der Waals surface area contributed by atoms with Gasteiger partial charge in [0.1, 0.15) is 0 Å². The van der Waals surface area contributed by atoms with Gasteiger partial charge in [-0.2, -0.15) is 0 Å². The van der Waals surface area contributed by atoms with Crippen LogP contribution in [0.2, 0.25) is 0 Å². The van der Waals surface area contributed by atoms with Crippen LogP contribution in [0, 0.1) is 0 Å². The van der Waals surface area contributed by atoms with Gasteiger partial charge in [0.25, 0.3) is 0 Å². The molecule has 2 N–H and O–H groups in total. The minimum absolute atomic E-state index is 0. The zero-order valence-corrected chi connectivity index (χ0v) is 16.6. The van der Waals surface area contributed by atoms with Crippen LogP contribution in [-0.4, -0.2) is 76.4 Å². The molecule has 0 saturated carbocycles. The lowest BCUT2D eigenvalue weighted by Gasteiger charge is -2.26. The van der Waals surface area contributed by atoms with Gasteiger partial charge in [-0.05, 0) is 19.8 Å². The molecule has 1 aliphatic rings. The fraction of sp³-hybridized carbons (Fsp3) is 0.867. The molecule has 136 valence electrons. The number of methoxy groups -OCH3 is 1. The second-order valence-corrected chi connectivity index (χ2v) is 5.17. The SMILES string of the molecule is CCNC(=NCCCCC(=O)OC)NCCN1CCOCC1.I. The van der Waals surface area contributed by atoms with Crippen molar-refractivity contribution in [1.29, 1.82) is 0 Å². The number of esters is 1. The van der Waals surface area contributed by atoms with Crippen LogP contribution >= 0.6 is 24.0 Å². The average Bonchev–Trinajstić information content (AvgIpc) is 2.55. The number of halogens is 1. The van der Waals surface area contributed by atoms with E-state index < -0.39 is 0 Å². The Morgan fingerprint density at radius 3 is 2.65 bits per heavy atom.